The van der Waals surface area contributed by atoms with Crippen molar-refractivity contribution in [2.24, 2.45) is 0 Å². The van der Waals surface area contributed by atoms with Crippen LogP contribution in [0.1, 0.15) is 13.3 Å². The standard InChI is InChI=1S/C25H28N2O6S/c1-3-21(33-22-10-6-8-18-7-4-5-9-20(18)22)25(28)26-19-11-12-23(31-2)24(17-19)34(29,30)27-13-15-32-16-14-27/h4-12,17,21H,3,13-16H2,1-2H3,(H,26,28)/t21-/m0/s1. The Labute approximate surface area is 199 Å². The molecule has 1 atom stereocenters. The van der Waals surface area contributed by atoms with Crippen LogP contribution in [0.4, 0.5) is 5.69 Å². The molecule has 0 unspecified atom stereocenters. The fourth-order valence-corrected chi connectivity index (χ4v) is 5.47. The number of hydrogen-bond acceptors (Lipinski definition) is 6. The maximum Gasteiger partial charge on any atom is 0.265 e. The second kappa shape index (κ2) is 10.4. The minimum absolute atomic E-state index is 0.00211. The lowest BCUT2D eigenvalue weighted by atomic mass is 10.1. The second-order valence-corrected chi connectivity index (χ2v) is 9.77. The van der Waals surface area contributed by atoms with Crippen LogP contribution in [0, 0.1) is 0 Å². The van der Waals surface area contributed by atoms with E-state index in [0.29, 0.717) is 31.1 Å². The highest BCUT2D eigenvalue weighted by Crippen LogP contribution is 2.31. The third-order valence-corrected chi connectivity index (χ3v) is 7.62. The van der Waals surface area contributed by atoms with Crippen molar-refractivity contribution in [2.75, 3.05) is 38.7 Å². The maximum atomic E-state index is 13.2. The molecule has 1 amide bonds. The van der Waals surface area contributed by atoms with Gasteiger partial charge in [-0.05, 0) is 36.1 Å². The molecule has 1 aliphatic rings. The number of nitrogens with one attached hydrogen (secondary N) is 1. The molecule has 9 heteroatoms. The largest absolute Gasteiger partial charge is 0.495 e. The molecule has 4 rings (SSSR count). The topological polar surface area (TPSA) is 94.2 Å². The van der Waals surface area contributed by atoms with Crippen LogP contribution in [0.3, 0.4) is 0 Å². The van der Waals surface area contributed by atoms with Gasteiger partial charge in [0.05, 0.1) is 20.3 Å². The summed E-state index contributed by atoms with van der Waals surface area (Å²) in [5.41, 5.74) is 0.345. The molecule has 1 heterocycles. The molecule has 0 saturated carbocycles. The number of rotatable bonds is 8. The Hall–Kier alpha value is -3.14. The molecule has 0 spiro atoms. The molecule has 0 aromatic heterocycles. The summed E-state index contributed by atoms with van der Waals surface area (Å²) >= 11 is 0. The number of fused-ring (bicyclic) bond motifs is 1. The molecule has 1 N–H and O–H groups in total. The van der Waals surface area contributed by atoms with Crippen molar-refractivity contribution in [1.29, 1.82) is 0 Å². The van der Waals surface area contributed by atoms with E-state index in [2.05, 4.69) is 5.32 Å². The molecule has 180 valence electrons. The number of carbonyl (C=O) groups excluding carboxylic acids is 1. The van der Waals surface area contributed by atoms with Crippen molar-refractivity contribution in [2.45, 2.75) is 24.3 Å². The lowest BCUT2D eigenvalue weighted by Gasteiger charge is -2.27. The number of methoxy groups -OCH3 is 1. The second-order valence-electron chi connectivity index (χ2n) is 7.86. The van der Waals surface area contributed by atoms with E-state index < -0.39 is 16.1 Å². The van der Waals surface area contributed by atoms with Gasteiger partial charge in [-0.3, -0.25) is 4.79 Å². The third-order valence-electron chi connectivity index (χ3n) is 5.70. The Morgan fingerprint density at radius 2 is 1.79 bits per heavy atom. The fraction of sp³-hybridized carbons (Fsp3) is 0.320. The first-order valence-corrected chi connectivity index (χ1v) is 12.6. The summed E-state index contributed by atoms with van der Waals surface area (Å²) in [6.45, 7) is 3.05. The highest BCUT2D eigenvalue weighted by Gasteiger charge is 2.30. The molecule has 3 aromatic carbocycles. The Morgan fingerprint density at radius 1 is 1.06 bits per heavy atom. The molecule has 3 aromatic rings. The zero-order chi connectivity index (χ0) is 24.1. The van der Waals surface area contributed by atoms with E-state index in [0.717, 1.165) is 10.8 Å². The summed E-state index contributed by atoms with van der Waals surface area (Å²) in [6.07, 6.45) is -0.323. The molecule has 0 radical (unpaired) electrons. The van der Waals surface area contributed by atoms with Crippen molar-refractivity contribution in [1.82, 2.24) is 4.31 Å². The number of ether oxygens (including phenoxy) is 3. The highest BCUT2D eigenvalue weighted by atomic mass is 32.2. The Bertz CT molecular complexity index is 1270. The number of hydrogen-bond donors (Lipinski definition) is 1. The Balaban J connectivity index is 1.56. The van der Waals surface area contributed by atoms with E-state index in [1.807, 2.05) is 49.4 Å². The van der Waals surface area contributed by atoms with Crippen LogP contribution in [0.2, 0.25) is 0 Å². The molecule has 1 aliphatic heterocycles. The van der Waals surface area contributed by atoms with Gasteiger partial charge >= 0.3 is 0 Å². The summed E-state index contributed by atoms with van der Waals surface area (Å²) in [5, 5.41) is 4.73. The SMILES string of the molecule is CC[C@H](Oc1cccc2ccccc12)C(=O)Nc1ccc(OC)c(S(=O)(=O)N2CCOCC2)c1. The number of nitrogens with zero attached hydrogens (tertiary/aromatic N) is 1. The normalized spacial score (nSPS) is 15.6. The number of morpholine rings is 1. The van der Waals surface area contributed by atoms with Gasteiger partial charge < -0.3 is 19.5 Å². The van der Waals surface area contributed by atoms with Crippen molar-refractivity contribution in [3.8, 4) is 11.5 Å². The summed E-state index contributed by atoms with van der Waals surface area (Å²) in [6, 6.07) is 18.1. The van der Waals surface area contributed by atoms with Gasteiger partial charge in [0.2, 0.25) is 10.0 Å². The first-order valence-electron chi connectivity index (χ1n) is 11.1. The molecule has 1 fully saturated rings. The van der Waals surface area contributed by atoms with Crippen LogP contribution < -0.4 is 14.8 Å². The molecule has 1 saturated heterocycles. The Kier molecular flexibility index (Phi) is 7.35. The summed E-state index contributed by atoms with van der Waals surface area (Å²) in [4.78, 5) is 13.1. The average molecular weight is 485 g/mol. The fourth-order valence-electron chi connectivity index (χ4n) is 3.88. The van der Waals surface area contributed by atoms with Gasteiger partial charge in [-0.2, -0.15) is 4.31 Å². The monoisotopic (exact) mass is 484 g/mol. The summed E-state index contributed by atoms with van der Waals surface area (Å²) in [7, 11) is -2.40. The molecule has 0 bridgehead atoms. The summed E-state index contributed by atoms with van der Waals surface area (Å²) in [5.74, 6) is 0.462. The average Bonchev–Trinajstić information content (AvgIpc) is 2.87. The number of anilines is 1. The van der Waals surface area contributed by atoms with Gasteiger partial charge in [0.1, 0.15) is 16.4 Å². The van der Waals surface area contributed by atoms with Gasteiger partial charge in [0.25, 0.3) is 5.91 Å². The van der Waals surface area contributed by atoms with Crippen molar-refractivity contribution >= 4 is 32.4 Å². The predicted octanol–water partition coefficient (Wildman–Crippen LogP) is 3.67. The third kappa shape index (κ3) is 5.01. The number of carbonyl (C=O) groups is 1. The number of amides is 1. The van der Waals surface area contributed by atoms with Crippen molar-refractivity contribution in [3.05, 3.63) is 60.7 Å². The Morgan fingerprint density at radius 3 is 2.53 bits per heavy atom. The predicted molar refractivity (Wildman–Crippen MR) is 130 cm³/mol. The zero-order valence-electron chi connectivity index (χ0n) is 19.2. The van der Waals surface area contributed by atoms with Gasteiger partial charge in [0, 0.05) is 24.2 Å². The van der Waals surface area contributed by atoms with E-state index in [9.17, 15) is 13.2 Å². The maximum absolute atomic E-state index is 13.2. The lowest BCUT2D eigenvalue weighted by molar-refractivity contribution is -0.122. The lowest BCUT2D eigenvalue weighted by Crippen LogP contribution is -2.40. The highest BCUT2D eigenvalue weighted by molar-refractivity contribution is 7.89. The smallest absolute Gasteiger partial charge is 0.265 e. The van der Waals surface area contributed by atoms with Gasteiger partial charge in [-0.1, -0.05) is 43.3 Å². The molecule has 8 nitrogen and oxygen atoms in total. The molecular formula is C25H28N2O6S. The van der Waals surface area contributed by atoms with Gasteiger partial charge in [0.15, 0.2) is 6.10 Å². The quantitative estimate of drug-likeness (QED) is 0.524. The van der Waals surface area contributed by atoms with Crippen molar-refractivity contribution in [3.63, 3.8) is 0 Å². The van der Waals surface area contributed by atoms with E-state index in [1.54, 1.807) is 6.07 Å². The first kappa shape index (κ1) is 24.0. The van der Waals surface area contributed by atoms with Crippen LogP contribution in [-0.2, 0) is 19.6 Å². The number of benzene rings is 3. The number of sulfonamides is 1. The van der Waals surface area contributed by atoms with Crippen molar-refractivity contribution < 1.29 is 27.4 Å². The molecule has 34 heavy (non-hydrogen) atoms. The van der Waals surface area contributed by atoms with Gasteiger partial charge in [-0.15, -0.1) is 0 Å². The minimum atomic E-state index is -3.82. The minimum Gasteiger partial charge on any atom is -0.495 e. The van der Waals surface area contributed by atoms with Crippen LogP contribution >= 0.6 is 0 Å². The molecule has 0 aliphatic carbocycles. The van der Waals surface area contributed by atoms with Crippen LogP contribution in [0.5, 0.6) is 11.5 Å². The van der Waals surface area contributed by atoms with E-state index in [-0.39, 0.29) is 29.6 Å². The zero-order valence-corrected chi connectivity index (χ0v) is 20.0. The van der Waals surface area contributed by atoms with E-state index in [4.69, 9.17) is 14.2 Å². The summed E-state index contributed by atoms with van der Waals surface area (Å²) < 4.78 is 44.4. The first-order chi connectivity index (χ1) is 16.4. The van der Waals surface area contributed by atoms with Crippen LogP contribution in [0.15, 0.2) is 65.6 Å². The van der Waals surface area contributed by atoms with Crippen LogP contribution in [-0.4, -0.2) is 58.1 Å². The van der Waals surface area contributed by atoms with Crippen LogP contribution in [0.25, 0.3) is 10.8 Å². The van der Waals surface area contributed by atoms with E-state index >= 15 is 0 Å². The van der Waals surface area contributed by atoms with E-state index in [1.165, 1.54) is 23.5 Å². The van der Waals surface area contributed by atoms with Gasteiger partial charge in [-0.25, -0.2) is 8.42 Å². The molecular weight excluding hydrogens is 456 g/mol.